The second-order valence-electron chi connectivity index (χ2n) is 12.1. The van der Waals surface area contributed by atoms with Crippen LogP contribution in [0.4, 0.5) is 8.78 Å². The maximum absolute atomic E-state index is 13.8. The van der Waals surface area contributed by atoms with Crippen LogP contribution in [0.25, 0.3) is 0 Å². The fraction of sp³-hybridized carbons (Fsp3) is 0.600. The number of rotatable bonds is 11. The van der Waals surface area contributed by atoms with Crippen LogP contribution in [0.5, 0.6) is 0 Å². The van der Waals surface area contributed by atoms with Gasteiger partial charge in [0.05, 0.1) is 36.7 Å². The summed E-state index contributed by atoms with van der Waals surface area (Å²) in [6, 6.07) is 5.71. The van der Waals surface area contributed by atoms with E-state index in [0.717, 1.165) is 5.56 Å². The Labute approximate surface area is 247 Å². The molecule has 43 heavy (non-hydrogen) atoms. The second-order valence-corrected chi connectivity index (χ2v) is 12.1. The lowest BCUT2D eigenvalue weighted by Crippen LogP contribution is -2.38. The number of hydrogen-bond acceptors (Lipinski definition) is 8. The van der Waals surface area contributed by atoms with Gasteiger partial charge in [-0.05, 0) is 43.9 Å². The Balaban J connectivity index is 1.31. The predicted molar refractivity (Wildman–Crippen MR) is 146 cm³/mol. The molecule has 2 fully saturated rings. The molecule has 0 spiro atoms. The molecule has 1 unspecified atom stereocenters. The van der Waals surface area contributed by atoms with Gasteiger partial charge in [0.15, 0.2) is 5.78 Å². The van der Waals surface area contributed by atoms with Crippen LogP contribution < -0.4 is 10.6 Å². The van der Waals surface area contributed by atoms with Crippen molar-refractivity contribution in [2.24, 2.45) is 17.8 Å². The van der Waals surface area contributed by atoms with E-state index >= 15 is 0 Å². The number of aliphatic hydroxyl groups excluding tert-OH is 1. The van der Waals surface area contributed by atoms with E-state index in [9.17, 15) is 38.0 Å². The molecule has 1 saturated heterocycles. The summed E-state index contributed by atoms with van der Waals surface area (Å²) in [7, 11) is 0. The first-order chi connectivity index (χ1) is 20.2. The summed E-state index contributed by atoms with van der Waals surface area (Å²) < 4.78 is 33.3. The van der Waals surface area contributed by atoms with Crippen LogP contribution in [0.1, 0.15) is 73.9 Å². The molecule has 0 aromatic heterocycles. The molecule has 1 aromatic carbocycles. The van der Waals surface area contributed by atoms with Gasteiger partial charge in [-0.25, -0.2) is 8.78 Å². The zero-order valence-electron chi connectivity index (χ0n) is 24.2. The number of nitrogens with one attached hydrogen (secondary N) is 2. The van der Waals surface area contributed by atoms with Gasteiger partial charge in [-0.15, -0.1) is 0 Å². The van der Waals surface area contributed by atoms with Crippen molar-refractivity contribution in [2.75, 3.05) is 13.2 Å². The summed E-state index contributed by atoms with van der Waals surface area (Å²) in [6.45, 7) is 3.85. The fourth-order valence-corrected chi connectivity index (χ4v) is 5.98. The van der Waals surface area contributed by atoms with Crippen molar-refractivity contribution in [3.8, 4) is 6.07 Å². The van der Waals surface area contributed by atoms with Gasteiger partial charge in [-0.1, -0.05) is 12.1 Å². The predicted octanol–water partition coefficient (Wildman–Crippen LogP) is 2.00. The number of ketones is 1. The van der Waals surface area contributed by atoms with E-state index in [4.69, 9.17) is 9.84 Å². The highest BCUT2D eigenvalue weighted by atomic mass is 19.3. The number of carbonyl (C=O) groups excluding carboxylic acids is 5. The molecule has 1 aliphatic carbocycles. The zero-order chi connectivity index (χ0) is 31.5. The molecule has 1 saturated carbocycles. The molecule has 1 aromatic rings. The Morgan fingerprint density at radius 1 is 1.23 bits per heavy atom. The molecule has 11 nitrogen and oxygen atoms in total. The average molecular weight is 603 g/mol. The lowest BCUT2D eigenvalue weighted by atomic mass is 9.87. The number of nitrogens with zero attached hydrogens (tertiary/aromatic N) is 2. The normalized spacial score (nSPS) is 24.3. The van der Waals surface area contributed by atoms with E-state index in [1.165, 1.54) is 4.90 Å². The third-order valence-electron chi connectivity index (χ3n) is 8.40. The summed E-state index contributed by atoms with van der Waals surface area (Å²) >= 11 is 0. The monoisotopic (exact) mass is 602 g/mol. The first-order valence-corrected chi connectivity index (χ1v) is 14.3. The number of benzene rings is 1. The van der Waals surface area contributed by atoms with E-state index in [2.05, 4.69) is 10.6 Å². The molecule has 2 heterocycles. The molecule has 0 radical (unpaired) electrons. The average Bonchev–Trinajstić information content (AvgIpc) is 3.62. The van der Waals surface area contributed by atoms with Gasteiger partial charge in [0, 0.05) is 56.4 Å². The lowest BCUT2D eigenvalue weighted by molar-refractivity contribution is -0.135. The summed E-state index contributed by atoms with van der Waals surface area (Å²) in [5.74, 6) is -8.90. The summed E-state index contributed by atoms with van der Waals surface area (Å²) in [5, 5.41) is 23.2. The van der Waals surface area contributed by atoms with Gasteiger partial charge < -0.3 is 20.1 Å². The standard InChI is InChI=1S/C30H36F2N4O7/c1-29(2,7-8-37)43-9-6-24(38)35-28(42)20-5-3-4-17-15-36(16-22(17)20)25(39)11-18-10-23(34-27(18)41)26(40)21-13-30(31,32)12-19(21)14-33/h3-5,18-19,21,23,37H,6-13,15-16H2,1-2H3,(H,34,41)(H,35,38,42)/t18-,19-,21?,23-/m0/s1. The number of imide groups is 1. The van der Waals surface area contributed by atoms with E-state index < -0.39 is 71.7 Å². The lowest BCUT2D eigenvalue weighted by Gasteiger charge is -2.24. The number of halogens is 2. The number of Topliss-reactive ketones (excluding diaryl/α,β-unsaturated/α-hetero) is 1. The van der Waals surface area contributed by atoms with Crippen molar-refractivity contribution < 1.29 is 42.6 Å². The molecule has 3 N–H and O–H groups in total. The van der Waals surface area contributed by atoms with Gasteiger partial charge in [0.1, 0.15) is 0 Å². The van der Waals surface area contributed by atoms with Gasteiger partial charge in [0.2, 0.25) is 23.6 Å². The number of alkyl halides is 2. The van der Waals surface area contributed by atoms with Crippen molar-refractivity contribution in [3.63, 3.8) is 0 Å². The maximum Gasteiger partial charge on any atom is 0.258 e. The van der Waals surface area contributed by atoms with E-state index in [1.54, 1.807) is 38.1 Å². The molecule has 4 amide bonds. The number of nitriles is 1. The largest absolute Gasteiger partial charge is 0.396 e. The van der Waals surface area contributed by atoms with Crippen LogP contribution in [-0.2, 0) is 37.0 Å². The highest BCUT2D eigenvalue weighted by Crippen LogP contribution is 2.44. The SMILES string of the molecule is CC(C)(CCO)OCCC(=O)NC(=O)c1cccc2c1CN(C(=O)C[C@@H]1C[C@@H](C(=O)C3CC(F)(F)C[C@H]3C#N)NC1=O)C2. The van der Waals surface area contributed by atoms with Gasteiger partial charge in [0.25, 0.3) is 5.91 Å². The van der Waals surface area contributed by atoms with Crippen molar-refractivity contribution in [3.05, 3.63) is 34.9 Å². The summed E-state index contributed by atoms with van der Waals surface area (Å²) in [4.78, 5) is 65.4. The van der Waals surface area contributed by atoms with E-state index in [1.807, 2.05) is 0 Å². The summed E-state index contributed by atoms with van der Waals surface area (Å²) in [6.07, 6.45) is -1.32. The van der Waals surface area contributed by atoms with Crippen LogP contribution in [0, 0.1) is 29.1 Å². The van der Waals surface area contributed by atoms with Crippen LogP contribution >= 0.6 is 0 Å². The number of amides is 4. The van der Waals surface area contributed by atoms with Crippen molar-refractivity contribution >= 4 is 29.4 Å². The van der Waals surface area contributed by atoms with Crippen LogP contribution in [0.15, 0.2) is 18.2 Å². The molecule has 0 bridgehead atoms. The molecule has 13 heteroatoms. The number of fused-ring (bicyclic) bond motifs is 1. The highest BCUT2D eigenvalue weighted by molar-refractivity contribution is 6.06. The minimum atomic E-state index is -3.11. The van der Waals surface area contributed by atoms with Gasteiger partial charge in [-0.3, -0.25) is 29.3 Å². The number of carbonyl (C=O) groups is 5. The molecule has 3 aliphatic rings. The van der Waals surface area contributed by atoms with Crippen molar-refractivity contribution in [2.45, 2.75) is 83.0 Å². The highest BCUT2D eigenvalue weighted by Gasteiger charge is 2.52. The third-order valence-corrected chi connectivity index (χ3v) is 8.40. The minimum Gasteiger partial charge on any atom is -0.396 e. The first kappa shape index (κ1) is 32.2. The van der Waals surface area contributed by atoms with E-state index in [-0.39, 0.29) is 57.0 Å². The first-order valence-electron chi connectivity index (χ1n) is 14.3. The molecule has 4 rings (SSSR count). The molecular formula is C30H36F2N4O7. The Morgan fingerprint density at radius 3 is 2.67 bits per heavy atom. The summed E-state index contributed by atoms with van der Waals surface area (Å²) in [5.41, 5.74) is 0.928. The quantitative estimate of drug-likeness (QED) is 0.346. The number of hydrogen-bond donors (Lipinski definition) is 3. The van der Waals surface area contributed by atoms with Crippen LogP contribution in [0.3, 0.4) is 0 Å². The molecule has 232 valence electrons. The van der Waals surface area contributed by atoms with E-state index in [0.29, 0.717) is 12.0 Å². The van der Waals surface area contributed by atoms with Crippen molar-refractivity contribution in [1.82, 2.24) is 15.5 Å². The zero-order valence-corrected chi connectivity index (χ0v) is 24.2. The Kier molecular flexibility index (Phi) is 9.61. The Hall–Kier alpha value is -3.76. The Bertz CT molecular complexity index is 1340. The van der Waals surface area contributed by atoms with Crippen LogP contribution in [-0.4, -0.2) is 70.2 Å². The topological polar surface area (TPSA) is 166 Å². The van der Waals surface area contributed by atoms with Crippen LogP contribution in [0.2, 0.25) is 0 Å². The third kappa shape index (κ3) is 7.61. The molecule has 2 aliphatic heterocycles. The number of ether oxygens (including phenoxy) is 1. The maximum atomic E-state index is 13.8. The van der Waals surface area contributed by atoms with Gasteiger partial charge >= 0.3 is 0 Å². The smallest absolute Gasteiger partial charge is 0.258 e. The molecule has 4 atom stereocenters. The van der Waals surface area contributed by atoms with Gasteiger partial charge in [-0.2, -0.15) is 5.26 Å². The minimum absolute atomic E-state index is 0.0267. The second kappa shape index (κ2) is 12.9. The number of aliphatic hydroxyl groups is 1. The molecular weight excluding hydrogens is 566 g/mol. The Morgan fingerprint density at radius 2 is 1.98 bits per heavy atom. The fourth-order valence-electron chi connectivity index (χ4n) is 5.98. The van der Waals surface area contributed by atoms with Crippen molar-refractivity contribution in [1.29, 1.82) is 5.26 Å².